The molecule has 2 aromatic rings. The molecule has 2 rings (SSSR count). The van der Waals surface area contributed by atoms with E-state index >= 15 is 0 Å². The predicted molar refractivity (Wildman–Crippen MR) is 64.4 cm³/mol. The van der Waals surface area contributed by atoms with Crippen molar-refractivity contribution in [2.45, 2.75) is 19.6 Å². The van der Waals surface area contributed by atoms with E-state index in [1.807, 2.05) is 0 Å². The Labute approximate surface area is 102 Å². The Bertz CT molecular complexity index is 622. The molecule has 1 aromatic carbocycles. The zero-order valence-corrected chi connectivity index (χ0v) is 9.85. The molecule has 0 bridgehead atoms. The summed E-state index contributed by atoms with van der Waals surface area (Å²) in [6, 6.07) is 4.58. The molecule has 90 valence electrons. The number of benzene rings is 1. The molecule has 0 aliphatic rings. The van der Waals surface area contributed by atoms with Gasteiger partial charge in [0.05, 0.1) is 18.2 Å². The van der Waals surface area contributed by atoms with Crippen molar-refractivity contribution in [1.82, 2.24) is 9.55 Å². The van der Waals surface area contributed by atoms with Crippen LogP contribution in [0.4, 0.5) is 0 Å². The van der Waals surface area contributed by atoms with Crippen molar-refractivity contribution in [2.75, 3.05) is 0 Å². The van der Waals surface area contributed by atoms with Crippen molar-refractivity contribution in [3.8, 4) is 5.75 Å². The standard InChI is InChI=1S/C11H11ClN2O3/c1-6(15)5-14-10(17)9-7(13-11(14)12)3-2-4-8(9)16/h2-4,6,15-16H,5H2,1H3. The van der Waals surface area contributed by atoms with E-state index in [9.17, 15) is 15.0 Å². The summed E-state index contributed by atoms with van der Waals surface area (Å²) in [5.74, 6) is -0.143. The molecule has 5 nitrogen and oxygen atoms in total. The molecule has 1 unspecified atom stereocenters. The number of aromatic hydroxyl groups is 1. The van der Waals surface area contributed by atoms with Crippen molar-refractivity contribution in [1.29, 1.82) is 0 Å². The minimum atomic E-state index is -0.727. The molecule has 17 heavy (non-hydrogen) atoms. The summed E-state index contributed by atoms with van der Waals surface area (Å²) in [6.45, 7) is 1.58. The van der Waals surface area contributed by atoms with Crippen LogP contribution in [0.3, 0.4) is 0 Å². The Kier molecular flexibility index (Phi) is 3.04. The van der Waals surface area contributed by atoms with Crippen molar-refractivity contribution in [2.24, 2.45) is 0 Å². The highest BCUT2D eigenvalue weighted by molar-refractivity contribution is 6.28. The topological polar surface area (TPSA) is 75.3 Å². The first-order valence-electron chi connectivity index (χ1n) is 5.07. The van der Waals surface area contributed by atoms with Gasteiger partial charge in [0.1, 0.15) is 11.1 Å². The lowest BCUT2D eigenvalue weighted by Gasteiger charge is -2.11. The Morgan fingerprint density at radius 1 is 1.53 bits per heavy atom. The molecule has 0 amide bonds. The third-order valence-corrected chi connectivity index (χ3v) is 2.65. The molecule has 2 N–H and O–H groups in total. The first kappa shape index (κ1) is 11.9. The van der Waals surface area contributed by atoms with Crippen molar-refractivity contribution >= 4 is 22.5 Å². The monoisotopic (exact) mass is 254 g/mol. The summed E-state index contributed by atoms with van der Waals surface area (Å²) in [4.78, 5) is 16.1. The third-order valence-electron chi connectivity index (χ3n) is 2.36. The number of rotatable bonds is 2. The van der Waals surface area contributed by atoms with Crippen LogP contribution in [0.1, 0.15) is 6.92 Å². The quantitative estimate of drug-likeness (QED) is 0.788. The zero-order valence-electron chi connectivity index (χ0n) is 9.09. The summed E-state index contributed by atoms with van der Waals surface area (Å²) in [5, 5.41) is 19.0. The van der Waals surface area contributed by atoms with E-state index < -0.39 is 11.7 Å². The molecule has 0 radical (unpaired) electrons. The summed E-state index contributed by atoms with van der Waals surface area (Å²) in [6.07, 6.45) is -0.727. The summed E-state index contributed by atoms with van der Waals surface area (Å²) in [7, 11) is 0. The van der Waals surface area contributed by atoms with Gasteiger partial charge in [0.25, 0.3) is 5.56 Å². The molecule has 1 heterocycles. The van der Waals surface area contributed by atoms with Crippen LogP contribution in [-0.2, 0) is 6.54 Å². The minimum Gasteiger partial charge on any atom is -0.507 e. The van der Waals surface area contributed by atoms with Crippen LogP contribution in [0.25, 0.3) is 10.9 Å². The number of nitrogens with zero attached hydrogens (tertiary/aromatic N) is 2. The molecule has 0 fully saturated rings. The highest BCUT2D eigenvalue weighted by atomic mass is 35.5. The van der Waals surface area contributed by atoms with Gasteiger partial charge < -0.3 is 10.2 Å². The average molecular weight is 255 g/mol. The van der Waals surface area contributed by atoms with E-state index in [2.05, 4.69) is 4.98 Å². The average Bonchev–Trinajstić information content (AvgIpc) is 2.23. The van der Waals surface area contributed by atoms with E-state index in [1.165, 1.54) is 13.0 Å². The second kappa shape index (κ2) is 4.35. The van der Waals surface area contributed by atoms with Gasteiger partial charge in [-0.05, 0) is 30.7 Å². The van der Waals surface area contributed by atoms with E-state index in [1.54, 1.807) is 12.1 Å². The largest absolute Gasteiger partial charge is 0.507 e. The van der Waals surface area contributed by atoms with Gasteiger partial charge in [-0.3, -0.25) is 9.36 Å². The Hall–Kier alpha value is -1.59. The molecule has 0 aliphatic carbocycles. The van der Waals surface area contributed by atoms with Crippen molar-refractivity contribution in [3.05, 3.63) is 33.8 Å². The fourth-order valence-electron chi connectivity index (χ4n) is 1.64. The van der Waals surface area contributed by atoms with Gasteiger partial charge in [0.15, 0.2) is 0 Å². The maximum Gasteiger partial charge on any atom is 0.266 e. The van der Waals surface area contributed by atoms with Crippen molar-refractivity contribution in [3.63, 3.8) is 0 Å². The predicted octanol–water partition coefficient (Wildman–Crippen LogP) is 1.14. The number of aromatic nitrogens is 2. The van der Waals surface area contributed by atoms with Crippen LogP contribution < -0.4 is 5.56 Å². The number of hydrogen-bond acceptors (Lipinski definition) is 4. The van der Waals surface area contributed by atoms with E-state index in [0.29, 0.717) is 5.52 Å². The second-order valence-corrected chi connectivity index (χ2v) is 4.15. The minimum absolute atomic E-state index is 0.00556. The Balaban J connectivity index is 2.79. The molecule has 0 saturated heterocycles. The summed E-state index contributed by atoms with van der Waals surface area (Å²) >= 11 is 5.86. The SMILES string of the molecule is CC(O)Cn1c(Cl)nc2cccc(O)c2c1=O. The Morgan fingerprint density at radius 2 is 2.24 bits per heavy atom. The molecule has 0 saturated carbocycles. The van der Waals surface area contributed by atoms with Crippen LogP contribution in [0.5, 0.6) is 5.75 Å². The normalized spacial score (nSPS) is 12.9. The molecule has 0 spiro atoms. The lowest BCUT2D eigenvalue weighted by atomic mass is 10.2. The number of phenols is 1. The molecule has 1 aromatic heterocycles. The van der Waals surface area contributed by atoms with Crippen LogP contribution in [0.15, 0.2) is 23.0 Å². The highest BCUT2D eigenvalue weighted by Gasteiger charge is 2.13. The van der Waals surface area contributed by atoms with Gasteiger partial charge in [-0.25, -0.2) is 4.98 Å². The van der Waals surface area contributed by atoms with Gasteiger partial charge in [0.2, 0.25) is 5.28 Å². The number of hydrogen-bond donors (Lipinski definition) is 2. The number of aliphatic hydroxyl groups is 1. The van der Waals surface area contributed by atoms with Gasteiger partial charge in [-0.2, -0.15) is 0 Å². The number of phenolic OH excluding ortho intramolecular Hbond substituents is 1. The maximum absolute atomic E-state index is 12.1. The first-order chi connectivity index (χ1) is 8.00. The lowest BCUT2D eigenvalue weighted by Crippen LogP contribution is -2.26. The molecule has 1 atom stereocenters. The number of fused-ring (bicyclic) bond motifs is 1. The van der Waals surface area contributed by atoms with Gasteiger partial charge in [-0.1, -0.05) is 6.07 Å². The molecular formula is C11H11ClN2O3. The Morgan fingerprint density at radius 3 is 2.88 bits per heavy atom. The summed E-state index contributed by atoms with van der Waals surface area (Å²) in [5.41, 5.74) is -0.124. The third kappa shape index (κ3) is 2.11. The smallest absolute Gasteiger partial charge is 0.266 e. The van der Waals surface area contributed by atoms with Crippen LogP contribution in [0, 0.1) is 0 Å². The highest BCUT2D eigenvalue weighted by Crippen LogP contribution is 2.20. The number of halogens is 1. The second-order valence-electron chi connectivity index (χ2n) is 3.82. The van der Waals surface area contributed by atoms with E-state index in [0.717, 1.165) is 4.57 Å². The van der Waals surface area contributed by atoms with E-state index in [4.69, 9.17) is 11.6 Å². The van der Waals surface area contributed by atoms with E-state index in [-0.39, 0.29) is 23.0 Å². The maximum atomic E-state index is 12.1. The first-order valence-corrected chi connectivity index (χ1v) is 5.44. The van der Waals surface area contributed by atoms with Gasteiger partial charge in [0, 0.05) is 0 Å². The van der Waals surface area contributed by atoms with Crippen LogP contribution >= 0.6 is 11.6 Å². The molecule has 6 heteroatoms. The lowest BCUT2D eigenvalue weighted by molar-refractivity contribution is 0.172. The van der Waals surface area contributed by atoms with Gasteiger partial charge >= 0.3 is 0 Å². The van der Waals surface area contributed by atoms with Crippen molar-refractivity contribution < 1.29 is 10.2 Å². The fourth-order valence-corrected chi connectivity index (χ4v) is 1.88. The number of aliphatic hydroxyl groups excluding tert-OH is 1. The fraction of sp³-hybridized carbons (Fsp3) is 0.273. The summed E-state index contributed by atoms with van der Waals surface area (Å²) < 4.78 is 1.13. The van der Waals surface area contributed by atoms with Crippen LogP contribution in [-0.4, -0.2) is 25.9 Å². The molecule has 0 aliphatic heterocycles. The van der Waals surface area contributed by atoms with Gasteiger partial charge in [-0.15, -0.1) is 0 Å². The molecular weight excluding hydrogens is 244 g/mol. The van der Waals surface area contributed by atoms with Crippen LogP contribution in [0.2, 0.25) is 5.28 Å². The zero-order chi connectivity index (χ0) is 12.6.